The third-order valence-corrected chi connectivity index (χ3v) is 6.13. The summed E-state index contributed by atoms with van der Waals surface area (Å²) in [5, 5.41) is 4.36. The zero-order valence-corrected chi connectivity index (χ0v) is 18.3. The van der Waals surface area contributed by atoms with E-state index in [1.807, 2.05) is 43.3 Å². The Kier molecular flexibility index (Phi) is 5.59. The molecule has 1 N–H and O–H groups in total. The average Bonchev–Trinajstić information content (AvgIpc) is 3.06. The number of anilines is 2. The fourth-order valence-electron chi connectivity index (χ4n) is 3.19. The molecule has 1 heterocycles. The van der Waals surface area contributed by atoms with Gasteiger partial charge in [0.15, 0.2) is 0 Å². The summed E-state index contributed by atoms with van der Waals surface area (Å²) in [4.78, 5) is 1.97. The maximum atomic E-state index is 12.3. The summed E-state index contributed by atoms with van der Waals surface area (Å²) < 4.78 is 51.2. The van der Waals surface area contributed by atoms with Gasteiger partial charge in [0.1, 0.15) is 0 Å². The summed E-state index contributed by atoms with van der Waals surface area (Å²) in [6.45, 7) is 0. The topological polar surface area (TPSA) is 99.2 Å². The van der Waals surface area contributed by atoms with Crippen LogP contribution in [0.4, 0.5) is 11.4 Å². The van der Waals surface area contributed by atoms with E-state index in [0.717, 1.165) is 28.2 Å². The van der Waals surface area contributed by atoms with Crippen LogP contribution in [0.5, 0.6) is 0 Å². The lowest BCUT2D eigenvalue weighted by molar-refractivity contribution is 0.375. The SMILES string of the molecule is CN(C)c1ccc([C@H]2CC(c3cccc(NS(C)(=O)=O)c3)=NN2S(C)(=O)=O)cc1. The van der Waals surface area contributed by atoms with E-state index in [1.54, 1.807) is 24.3 Å². The van der Waals surface area contributed by atoms with Crippen LogP contribution in [0.15, 0.2) is 53.6 Å². The molecule has 0 unspecified atom stereocenters. The van der Waals surface area contributed by atoms with Crippen molar-refractivity contribution in [2.75, 3.05) is 36.2 Å². The molecule has 156 valence electrons. The van der Waals surface area contributed by atoms with Crippen molar-refractivity contribution in [3.63, 3.8) is 0 Å². The predicted octanol–water partition coefficient (Wildman–Crippen LogP) is 2.23. The van der Waals surface area contributed by atoms with Crippen LogP contribution in [0.3, 0.4) is 0 Å². The van der Waals surface area contributed by atoms with E-state index >= 15 is 0 Å². The number of sulfonamides is 2. The molecule has 0 saturated heterocycles. The van der Waals surface area contributed by atoms with Crippen molar-refractivity contribution in [3.8, 4) is 0 Å². The number of hydrazone groups is 1. The molecular formula is C19H24N4O4S2. The normalized spacial score (nSPS) is 17.2. The minimum Gasteiger partial charge on any atom is -0.378 e. The monoisotopic (exact) mass is 436 g/mol. The van der Waals surface area contributed by atoms with Crippen molar-refractivity contribution in [2.45, 2.75) is 12.5 Å². The van der Waals surface area contributed by atoms with Crippen LogP contribution in [0.2, 0.25) is 0 Å². The number of rotatable bonds is 6. The van der Waals surface area contributed by atoms with Gasteiger partial charge in [-0.3, -0.25) is 4.72 Å². The van der Waals surface area contributed by atoms with Gasteiger partial charge in [0, 0.05) is 31.9 Å². The molecule has 2 aromatic carbocycles. The number of hydrogen-bond acceptors (Lipinski definition) is 6. The molecule has 0 bridgehead atoms. The van der Waals surface area contributed by atoms with Crippen molar-refractivity contribution in [2.24, 2.45) is 5.10 Å². The Labute approximate surface area is 171 Å². The van der Waals surface area contributed by atoms with Gasteiger partial charge in [-0.2, -0.15) is 9.52 Å². The molecule has 0 amide bonds. The molecule has 29 heavy (non-hydrogen) atoms. The molecule has 0 aromatic heterocycles. The quantitative estimate of drug-likeness (QED) is 0.749. The summed E-state index contributed by atoms with van der Waals surface area (Å²) in [5.74, 6) is 0. The van der Waals surface area contributed by atoms with Gasteiger partial charge in [0.25, 0.3) is 0 Å². The summed E-state index contributed by atoms with van der Waals surface area (Å²) in [6, 6.07) is 14.0. The highest BCUT2D eigenvalue weighted by atomic mass is 32.2. The van der Waals surface area contributed by atoms with Gasteiger partial charge in [0.2, 0.25) is 20.0 Å². The molecule has 0 aliphatic carbocycles. The van der Waals surface area contributed by atoms with E-state index in [2.05, 4.69) is 9.82 Å². The molecule has 0 saturated carbocycles. The highest BCUT2D eigenvalue weighted by molar-refractivity contribution is 7.92. The molecule has 0 radical (unpaired) electrons. The van der Waals surface area contributed by atoms with E-state index in [1.165, 1.54) is 0 Å². The van der Waals surface area contributed by atoms with Gasteiger partial charge < -0.3 is 4.90 Å². The standard InChI is InChI=1S/C19H24N4O4S2/c1-22(2)17-10-8-14(9-11-17)19-13-18(20-23(19)29(4,26)27)15-6-5-7-16(12-15)21-28(3,24)25/h5-12,19,21H,13H2,1-4H3/t19-/m1/s1. The van der Waals surface area contributed by atoms with Crippen LogP contribution in [-0.4, -0.2) is 53.6 Å². The maximum Gasteiger partial charge on any atom is 0.247 e. The first-order chi connectivity index (χ1) is 13.4. The fraction of sp³-hybridized carbons (Fsp3) is 0.316. The first-order valence-corrected chi connectivity index (χ1v) is 12.6. The summed E-state index contributed by atoms with van der Waals surface area (Å²) >= 11 is 0. The van der Waals surface area contributed by atoms with Gasteiger partial charge in [0.05, 0.1) is 24.3 Å². The zero-order chi connectivity index (χ0) is 21.4. The van der Waals surface area contributed by atoms with Crippen molar-refractivity contribution in [1.82, 2.24) is 4.41 Å². The Morgan fingerprint density at radius 2 is 1.69 bits per heavy atom. The third kappa shape index (κ3) is 5.07. The van der Waals surface area contributed by atoms with E-state index < -0.39 is 26.1 Å². The van der Waals surface area contributed by atoms with Gasteiger partial charge in [-0.25, -0.2) is 16.8 Å². The highest BCUT2D eigenvalue weighted by Gasteiger charge is 2.34. The molecule has 3 rings (SSSR count). The van der Waals surface area contributed by atoms with Crippen LogP contribution in [-0.2, 0) is 20.0 Å². The number of nitrogens with one attached hydrogen (secondary N) is 1. The van der Waals surface area contributed by atoms with Crippen LogP contribution in [0.25, 0.3) is 0 Å². The summed E-state index contributed by atoms with van der Waals surface area (Å²) in [5.41, 5.74) is 3.50. The van der Waals surface area contributed by atoms with Gasteiger partial charge >= 0.3 is 0 Å². The smallest absolute Gasteiger partial charge is 0.247 e. The van der Waals surface area contributed by atoms with Crippen molar-refractivity contribution >= 4 is 37.1 Å². The Bertz CT molecular complexity index is 1140. The Hall–Kier alpha value is -2.59. The lowest BCUT2D eigenvalue weighted by atomic mass is 9.98. The molecule has 0 spiro atoms. The van der Waals surface area contributed by atoms with Crippen LogP contribution in [0.1, 0.15) is 23.6 Å². The minimum absolute atomic E-state index is 0.386. The number of nitrogens with zero attached hydrogens (tertiary/aromatic N) is 3. The number of benzene rings is 2. The first-order valence-electron chi connectivity index (χ1n) is 8.86. The molecule has 1 aliphatic rings. The average molecular weight is 437 g/mol. The molecular weight excluding hydrogens is 412 g/mol. The van der Waals surface area contributed by atoms with Crippen molar-refractivity contribution in [3.05, 3.63) is 59.7 Å². The largest absolute Gasteiger partial charge is 0.378 e. The first kappa shape index (κ1) is 21.1. The third-order valence-electron chi connectivity index (χ3n) is 4.51. The predicted molar refractivity (Wildman–Crippen MR) is 116 cm³/mol. The fourth-order valence-corrected chi connectivity index (χ4v) is 4.65. The second kappa shape index (κ2) is 7.68. The zero-order valence-electron chi connectivity index (χ0n) is 16.7. The Balaban J connectivity index is 1.95. The van der Waals surface area contributed by atoms with Crippen molar-refractivity contribution < 1.29 is 16.8 Å². The van der Waals surface area contributed by atoms with Gasteiger partial charge in [-0.05, 0) is 35.4 Å². The minimum atomic E-state index is -3.58. The summed E-state index contributed by atoms with van der Waals surface area (Å²) in [7, 11) is -3.13. The maximum absolute atomic E-state index is 12.3. The molecule has 10 heteroatoms. The van der Waals surface area contributed by atoms with Crippen LogP contribution in [0, 0.1) is 0 Å². The Morgan fingerprint density at radius 3 is 2.24 bits per heavy atom. The molecule has 0 fully saturated rings. The lowest BCUT2D eigenvalue weighted by Gasteiger charge is -2.22. The second-order valence-corrected chi connectivity index (χ2v) is 10.8. The van der Waals surface area contributed by atoms with Crippen LogP contribution < -0.4 is 9.62 Å². The van der Waals surface area contributed by atoms with Gasteiger partial charge in [-0.1, -0.05) is 24.3 Å². The van der Waals surface area contributed by atoms with E-state index in [9.17, 15) is 16.8 Å². The number of hydrogen-bond donors (Lipinski definition) is 1. The molecule has 8 nitrogen and oxygen atoms in total. The molecule has 1 atom stereocenters. The molecule has 2 aromatic rings. The van der Waals surface area contributed by atoms with E-state index in [-0.39, 0.29) is 0 Å². The highest BCUT2D eigenvalue weighted by Crippen LogP contribution is 2.35. The van der Waals surface area contributed by atoms with Crippen LogP contribution >= 0.6 is 0 Å². The summed E-state index contributed by atoms with van der Waals surface area (Å²) in [6.07, 6.45) is 2.59. The van der Waals surface area contributed by atoms with E-state index in [0.29, 0.717) is 23.4 Å². The van der Waals surface area contributed by atoms with Gasteiger partial charge in [-0.15, -0.1) is 0 Å². The van der Waals surface area contributed by atoms with Crippen molar-refractivity contribution in [1.29, 1.82) is 0 Å². The second-order valence-electron chi connectivity index (χ2n) is 7.24. The molecule has 1 aliphatic heterocycles. The Morgan fingerprint density at radius 1 is 1.03 bits per heavy atom. The van der Waals surface area contributed by atoms with E-state index in [4.69, 9.17) is 0 Å². The lowest BCUT2D eigenvalue weighted by Crippen LogP contribution is -2.26.